The minimum Gasteiger partial charge on any atom is -0.481 e. The van der Waals surface area contributed by atoms with Gasteiger partial charge in [-0.15, -0.1) is 0 Å². The monoisotopic (exact) mass is 774 g/mol. The van der Waals surface area contributed by atoms with Gasteiger partial charge in [0.2, 0.25) is 24.1 Å². The zero-order chi connectivity index (χ0) is 39.9. The molecule has 3 rings (SSSR count). The Kier molecular flexibility index (Phi) is 38.6. The number of hydrogen-bond acceptors (Lipinski definition) is 9. The molecule has 0 unspecified atom stereocenters. The fourth-order valence-electron chi connectivity index (χ4n) is 5.42. The Morgan fingerprint density at radius 3 is 1.74 bits per heavy atom. The summed E-state index contributed by atoms with van der Waals surface area (Å²) in [7, 11) is 0. The lowest BCUT2D eigenvalue weighted by atomic mass is 10.0. The van der Waals surface area contributed by atoms with Gasteiger partial charge in [-0.25, -0.2) is 0 Å². The SMILES string of the molecule is C.C.C=C([C@@H](C)CC(=O)O)N1CCCC1.CC=O.CCC.CCCNC(=O)[C@@H](NC=O)[C@@H](C)O.C[C@@H](CCC(=O)N1CCOCC1)C(=O)N1CCCCC1. The Labute approximate surface area is 327 Å². The number of likely N-dealkylation sites (tertiary alicyclic amines) is 2. The normalized spacial score (nSPS) is 16.6. The first-order chi connectivity index (χ1) is 24.7. The number of aliphatic hydroxyl groups excluding tert-OH is 1. The standard InChI is InChI=1S/C15H26N2O3.C10H17NO2.C8H16N2O3.C3H8.C2H4O.2CH4/c1-13(15(19)17-7-3-2-4-8-17)5-6-14(18)16-9-11-20-12-10-16;1-8(7-10(12)13)9(2)11-5-3-4-6-11;1-3-4-9-8(13)7(6(2)12)10-5-11;1-3-2;1-2-3;;/h13H,2-12H2,1H3;8H,2-7H2,1H3,(H,12,13);5-7,12H,3-4H2,1-2H3,(H,9,13)(H,10,11);3H2,1-2H3;2H,1H3;2*1H4/t13-;8-;6-,7+;;;;/m001..../s1. The van der Waals surface area contributed by atoms with Crippen LogP contribution < -0.4 is 10.6 Å². The molecule has 54 heavy (non-hydrogen) atoms. The van der Waals surface area contributed by atoms with E-state index in [0.717, 1.165) is 57.4 Å². The van der Waals surface area contributed by atoms with Crippen LogP contribution in [0.5, 0.6) is 0 Å². The summed E-state index contributed by atoms with van der Waals surface area (Å²) in [5.41, 5.74) is 0.986. The van der Waals surface area contributed by atoms with Crippen molar-refractivity contribution < 1.29 is 43.7 Å². The largest absolute Gasteiger partial charge is 0.481 e. The van der Waals surface area contributed by atoms with Crippen molar-refractivity contribution in [1.29, 1.82) is 0 Å². The highest BCUT2D eigenvalue weighted by Crippen LogP contribution is 2.22. The number of piperidine rings is 1. The van der Waals surface area contributed by atoms with Gasteiger partial charge in [-0.3, -0.25) is 24.0 Å². The fraction of sp³-hybridized carbons (Fsp3) is 0.800. The molecule has 0 aliphatic carbocycles. The van der Waals surface area contributed by atoms with Crippen molar-refractivity contribution in [1.82, 2.24) is 25.3 Å². The van der Waals surface area contributed by atoms with Crippen LogP contribution in [0.2, 0.25) is 0 Å². The van der Waals surface area contributed by atoms with E-state index in [1.54, 1.807) is 0 Å². The first-order valence-electron chi connectivity index (χ1n) is 19.1. The van der Waals surface area contributed by atoms with E-state index in [9.17, 15) is 24.0 Å². The van der Waals surface area contributed by atoms with Crippen molar-refractivity contribution in [2.45, 2.75) is 140 Å². The molecule has 0 aromatic rings. The third-order valence-electron chi connectivity index (χ3n) is 8.37. The number of aliphatic hydroxyl groups is 1. The van der Waals surface area contributed by atoms with Crippen LogP contribution >= 0.6 is 0 Å². The molecular weight excluding hydrogens is 694 g/mol. The van der Waals surface area contributed by atoms with Gasteiger partial charge in [0.25, 0.3) is 0 Å². The van der Waals surface area contributed by atoms with Crippen LogP contribution in [-0.4, -0.2) is 132 Å². The molecule has 14 heteroatoms. The van der Waals surface area contributed by atoms with Crippen LogP contribution in [-0.2, 0) is 33.5 Å². The minimum atomic E-state index is -0.887. The number of nitrogens with one attached hydrogen (secondary N) is 2. The Morgan fingerprint density at radius 1 is 0.815 bits per heavy atom. The van der Waals surface area contributed by atoms with Crippen LogP contribution in [0.4, 0.5) is 0 Å². The smallest absolute Gasteiger partial charge is 0.304 e. The van der Waals surface area contributed by atoms with Gasteiger partial charge in [0, 0.05) is 69.8 Å². The number of amides is 4. The van der Waals surface area contributed by atoms with Gasteiger partial charge >= 0.3 is 5.97 Å². The number of morpholine rings is 1. The molecule has 0 bridgehead atoms. The Bertz CT molecular complexity index is 1010. The highest BCUT2D eigenvalue weighted by Gasteiger charge is 2.25. The first-order valence-corrected chi connectivity index (χ1v) is 19.1. The molecule has 0 aromatic carbocycles. The predicted octanol–water partition coefficient (Wildman–Crippen LogP) is 4.88. The van der Waals surface area contributed by atoms with Crippen LogP contribution in [0, 0.1) is 11.8 Å². The van der Waals surface area contributed by atoms with Gasteiger partial charge in [0.05, 0.1) is 25.7 Å². The lowest BCUT2D eigenvalue weighted by Gasteiger charge is -2.30. The quantitative estimate of drug-likeness (QED) is 0.177. The number of nitrogens with zero attached hydrogens (tertiary/aromatic N) is 3. The van der Waals surface area contributed by atoms with Gasteiger partial charge in [0.15, 0.2) is 0 Å². The molecule has 3 aliphatic heterocycles. The number of allylic oxidation sites excluding steroid dienone is 1. The van der Waals surface area contributed by atoms with Crippen molar-refractivity contribution in [3.8, 4) is 0 Å². The second-order valence-electron chi connectivity index (χ2n) is 13.2. The number of carboxylic acids is 1. The summed E-state index contributed by atoms with van der Waals surface area (Å²) in [6.45, 7) is 23.9. The minimum absolute atomic E-state index is 0. The Balaban J connectivity index is -0.000000326. The summed E-state index contributed by atoms with van der Waals surface area (Å²) < 4.78 is 5.24. The molecule has 3 aliphatic rings. The molecule has 14 nitrogen and oxygen atoms in total. The summed E-state index contributed by atoms with van der Waals surface area (Å²) in [5.74, 6) is -0.698. The molecule has 4 N–H and O–H groups in total. The van der Waals surface area contributed by atoms with Gasteiger partial charge in [0.1, 0.15) is 12.3 Å². The number of rotatable bonds is 14. The fourth-order valence-corrected chi connectivity index (χ4v) is 5.42. The van der Waals surface area contributed by atoms with Crippen molar-refractivity contribution in [2.75, 3.05) is 59.0 Å². The average Bonchev–Trinajstić information content (AvgIpc) is 3.68. The molecule has 0 radical (unpaired) electrons. The van der Waals surface area contributed by atoms with Crippen LogP contribution in [0.15, 0.2) is 12.3 Å². The van der Waals surface area contributed by atoms with E-state index in [2.05, 4.69) is 36.0 Å². The molecule has 3 saturated heterocycles. The predicted molar refractivity (Wildman–Crippen MR) is 217 cm³/mol. The first kappa shape index (κ1) is 57.2. The van der Waals surface area contributed by atoms with E-state index in [-0.39, 0.29) is 50.8 Å². The maximum Gasteiger partial charge on any atom is 0.304 e. The molecule has 0 aromatic heterocycles. The van der Waals surface area contributed by atoms with Crippen molar-refractivity contribution in [3.05, 3.63) is 12.3 Å². The third-order valence-corrected chi connectivity index (χ3v) is 8.37. The maximum atomic E-state index is 12.3. The number of hydrogen-bond donors (Lipinski definition) is 4. The molecular formula is C40H79N5O9. The third kappa shape index (κ3) is 27.1. The van der Waals surface area contributed by atoms with E-state index in [1.165, 1.54) is 39.5 Å². The average molecular weight is 774 g/mol. The van der Waals surface area contributed by atoms with Crippen molar-refractivity contribution in [2.24, 2.45) is 11.8 Å². The highest BCUT2D eigenvalue weighted by molar-refractivity contribution is 5.84. The van der Waals surface area contributed by atoms with E-state index in [4.69, 9.17) is 19.7 Å². The second-order valence-corrected chi connectivity index (χ2v) is 13.2. The van der Waals surface area contributed by atoms with Crippen LogP contribution in [0.1, 0.15) is 128 Å². The van der Waals surface area contributed by atoms with E-state index >= 15 is 0 Å². The van der Waals surface area contributed by atoms with Crippen LogP contribution in [0.25, 0.3) is 0 Å². The number of aliphatic carboxylic acids is 1. The Morgan fingerprint density at radius 2 is 1.30 bits per heavy atom. The molecule has 0 spiro atoms. The van der Waals surface area contributed by atoms with Gasteiger partial charge in [-0.1, -0.05) is 62.5 Å². The van der Waals surface area contributed by atoms with E-state index in [0.29, 0.717) is 52.1 Å². The number of ether oxygens (including phenoxy) is 1. The molecule has 3 fully saturated rings. The van der Waals surface area contributed by atoms with Gasteiger partial charge < -0.3 is 45.1 Å². The van der Waals surface area contributed by atoms with Crippen molar-refractivity contribution in [3.63, 3.8) is 0 Å². The van der Waals surface area contributed by atoms with Crippen molar-refractivity contribution >= 4 is 36.4 Å². The molecule has 4 atom stereocenters. The van der Waals surface area contributed by atoms with E-state index < -0.39 is 18.1 Å². The topological polar surface area (TPSA) is 186 Å². The summed E-state index contributed by atoms with van der Waals surface area (Å²) in [6, 6.07) is -0.857. The maximum absolute atomic E-state index is 12.3. The lowest BCUT2D eigenvalue weighted by Crippen LogP contribution is -2.50. The Hall–Kier alpha value is -3.52. The molecule has 3 heterocycles. The number of aldehydes is 1. The van der Waals surface area contributed by atoms with Crippen LogP contribution in [0.3, 0.4) is 0 Å². The second kappa shape index (κ2) is 36.5. The number of carboxylic acid groups (broad SMARTS) is 1. The highest BCUT2D eigenvalue weighted by atomic mass is 16.5. The lowest BCUT2D eigenvalue weighted by molar-refractivity contribution is -0.139. The zero-order valence-electron chi connectivity index (χ0n) is 33.2. The zero-order valence-corrected chi connectivity index (χ0v) is 33.2. The number of carbonyl (C=O) groups excluding carboxylic acids is 5. The molecule has 4 amide bonds. The summed E-state index contributed by atoms with van der Waals surface area (Å²) in [5, 5.41) is 22.6. The number of carbonyl (C=O) groups is 6. The molecule has 318 valence electrons. The van der Waals surface area contributed by atoms with Gasteiger partial charge in [-0.05, 0) is 58.8 Å². The van der Waals surface area contributed by atoms with E-state index in [1.807, 2.05) is 30.6 Å². The summed E-state index contributed by atoms with van der Waals surface area (Å²) in [6.07, 6.45) is 9.54. The summed E-state index contributed by atoms with van der Waals surface area (Å²) in [4.78, 5) is 70.9. The van der Waals surface area contributed by atoms with Gasteiger partial charge in [-0.2, -0.15) is 0 Å². The molecule has 0 saturated carbocycles. The summed E-state index contributed by atoms with van der Waals surface area (Å²) >= 11 is 0.